The normalized spacial score (nSPS) is 18.2. The highest BCUT2D eigenvalue weighted by atomic mass is 35.5. The van der Waals surface area contributed by atoms with Crippen LogP contribution < -0.4 is 19.5 Å². The molecule has 2 aliphatic heterocycles. The van der Waals surface area contributed by atoms with Crippen LogP contribution in [0.4, 0.5) is 5.95 Å². The van der Waals surface area contributed by atoms with Gasteiger partial charge in [0.15, 0.2) is 0 Å². The van der Waals surface area contributed by atoms with E-state index in [1.807, 2.05) is 71.4 Å². The fourth-order valence-corrected chi connectivity index (χ4v) is 4.81. The fraction of sp³-hybridized carbons (Fsp3) is 0.154. The summed E-state index contributed by atoms with van der Waals surface area (Å²) < 4.78 is 19.8. The Balaban J connectivity index is 1.65. The van der Waals surface area contributed by atoms with Gasteiger partial charge in [-0.15, -0.1) is 0 Å². The van der Waals surface area contributed by atoms with Crippen molar-refractivity contribution >= 4 is 23.2 Å². The van der Waals surface area contributed by atoms with Gasteiger partial charge in [-0.1, -0.05) is 35.9 Å². The number of methoxy groups -OCH3 is 2. The molecule has 0 saturated carbocycles. The summed E-state index contributed by atoms with van der Waals surface area (Å²) in [5, 5.41) is 8.74. The van der Waals surface area contributed by atoms with Crippen molar-refractivity contribution in [2.75, 3.05) is 19.5 Å². The number of halogens is 1. The second kappa shape index (κ2) is 8.11. The topological polar surface area (TPSA) is 70.4 Å². The van der Waals surface area contributed by atoms with Gasteiger partial charge in [-0.25, -0.2) is 4.68 Å². The van der Waals surface area contributed by atoms with Crippen LogP contribution in [0.3, 0.4) is 0 Å². The number of fused-ring (bicyclic) bond motifs is 3. The lowest BCUT2D eigenvalue weighted by molar-refractivity contribution is 0.222. The fourth-order valence-electron chi connectivity index (χ4n) is 4.68. The van der Waals surface area contributed by atoms with Gasteiger partial charge in [-0.3, -0.25) is 0 Å². The molecule has 0 radical (unpaired) electrons. The molecule has 6 rings (SSSR count). The number of hydrogen-bond acceptors (Lipinski definition) is 6. The van der Waals surface area contributed by atoms with E-state index in [1.165, 1.54) is 0 Å². The van der Waals surface area contributed by atoms with Crippen molar-refractivity contribution in [1.29, 1.82) is 0 Å². The highest BCUT2D eigenvalue weighted by molar-refractivity contribution is 6.30. The molecule has 34 heavy (non-hydrogen) atoms. The first-order valence-electron chi connectivity index (χ1n) is 10.8. The lowest BCUT2D eigenvalue weighted by Gasteiger charge is -2.39. The quantitative estimate of drug-likeness (QED) is 0.422. The van der Waals surface area contributed by atoms with Crippen molar-refractivity contribution in [3.63, 3.8) is 0 Å². The van der Waals surface area contributed by atoms with E-state index in [-0.39, 0.29) is 6.04 Å². The van der Waals surface area contributed by atoms with Crippen LogP contribution in [0.25, 0.3) is 5.70 Å². The Hall–Kier alpha value is -3.97. The number of rotatable bonds is 4. The van der Waals surface area contributed by atoms with E-state index >= 15 is 0 Å². The zero-order chi connectivity index (χ0) is 23.2. The van der Waals surface area contributed by atoms with Crippen molar-refractivity contribution in [2.45, 2.75) is 12.1 Å². The zero-order valence-electron chi connectivity index (χ0n) is 18.5. The van der Waals surface area contributed by atoms with E-state index in [9.17, 15) is 0 Å². The minimum absolute atomic E-state index is 0.354. The van der Waals surface area contributed by atoms with Gasteiger partial charge in [0.05, 0.1) is 19.9 Å². The standard InChI is InChI=1S/C26H21ClN4O3/c1-32-17-11-12-20(33-2)19(13-17)24-22-23(30-26-28-14-29-31(24)26)18-5-3-4-6-21(18)34-25(22)15-7-9-16(27)10-8-15/h3-14,24-25H,1-2H3,(H,28,29,30)/t24-,25-/m0/s1. The molecule has 0 amide bonds. The molecule has 170 valence electrons. The largest absolute Gasteiger partial charge is 0.497 e. The summed E-state index contributed by atoms with van der Waals surface area (Å²) >= 11 is 6.20. The summed E-state index contributed by atoms with van der Waals surface area (Å²) in [6.07, 6.45) is 1.15. The van der Waals surface area contributed by atoms with Crippen LogP contribution in [0.1, 0.15) is 28.8 Å². The minimum Gasteiger partial charge on any atom is -0.497 e. The summed E-state index contributed by atoms with van der Waals surface area (Å²) in [6.45, 7) is 0. The second-order valence-electron chi connectivity index (χ2n) is 8.04. The van der Waals surface area contributed by atoms with E-state index in [0.717, 1.165) is 45.2 Å². The molecule has 3 heterocycles. The average Bonchev–Trinajstić information content (AvgIpc) is 3.35. The summed E-state index contributed by atoms with van der Waals surface area (Å²) in [4.78, 5) is 4.48. The summed E-state index contributed by atoms with van der Waals surface area (Å²) in [5.41, 5.74) is 4.76. The van der Waals surface area contributed by atoms with Crippen molar-refractivity contribution in [1.82, 2.24) is 14.8 Å². The number of benzene rings is 3. The van der Waals surface area contributed by atoms with Crippen LogP contribution in [-0.2, 0) is 0 Å². The van der Waals surface area contributed by atoms with E-state index in [2.05, 4.69) is 15.4 Å². The Morgan fingerprint density at radius 1 is 1.00 bits per heavy atom. The van der Waals surface area contributed by atoms with Gasteiger partial charge >= 0.3 is 0 Å². The molecule has 4 aromatic rings. The van der Waals surface area contributed by atoms with Crippen LogP contribution in [-0.4, -0.2) is 29.0 Å². The summed E-state index contributed by atoms with van der Waals surface area (Å²) in [5.74, 6) is 2.87. The highest BCUT2D eigenvalue weighted by Gasteiger charge is 2.42. The monoisotopic (exact) mass is 472 g/mol. The van der Waals surface area contributed by atoms with Gasteiger partial charge in [0.2, 0.25) is 5.95 Å². The number of hydrogen-bond donors (Lipinski definition) is 1. The van der Waals surface area contributed by atoms with Crippen molar-refractivity contribution in [3.8, 4) is 17.2 Å². The van der Waals surface area contributed by atoms with Gasteiger partial charge in [0.1, 0.15) is 35.7 Å². The average molecular weight is 473 g/mol. The van der Waals surface area contributed by atoms with Crippen LogP contribution in [0.15, 0.2) is 78.6 Å². The third kappa shape index (κ3) is 3.20. The summed E-state index contributed by atoms with van der Waals surface area (Å²) in [6, 6.07) is 21.1. The number of para-hydroxylation sites is 1. The van der Waals surface area contributed by atoms with Crippen molar-refractivity contribution < 1.29 is 14.2 Å². The molecule has 7 nitrogen and oxygen atoms in total. The Labute approximate surface area is 201 Å². The first-order valence-corrected chi connectivity index (χ1v) is 11.2. The second-order valence-corrected chi connectivity index (χ2v) is 8.48. The smallest absolute Gasteiger partial charge is 0.226 e. The molecule has 2 atom stereocenters. The van der Waals surface area contributed by atoms with Crippen LogP contribution in [0.5, 0.6) is 17.2 Å². The molecule has 0 spiro atoms. The molecular formula is C26H21ClN4O3. The van der Waals surface area contributed by atoms with Crippen molar-refractivity contribution in [3.05, 3.63) is 100 Å². The Morgan fingerprint density at radius 2 is 1.82 bits per heavy atom. The van der Waals surface area contributed by atoms with E-state index < -0.39 is 6.10 Å². The number of nitrogens with one attached hydrogen (secondary N) is 1. The molecule has 0 saturated heterocycles. The van der Waals surface area contributed by atoms with Crippen molar-refractivity contribution in [2.24, 2.45) is 0 Å². The molecule has 1 aromatic heterocycles. The van der Waals surface area contributed by atoms with Gasteiger partial charge in [-0.05, 0) is 48.0 Å². The Bertz CT molecular complexity index is 1410. The molecule has 0 bridgehead atoms. The highest BCUT2D eigenvalue weighted by Crippen LogP contribution is 2.52. The number of nitrogens with zero attached hydrogens (tertiary/aromatic N) is 3. The molecular weight excluding hydrogens is 452 g/mol. The predicted octanol–water partition coefficient (Wildman–Crippen LogP) is 5.51. The van der Waals surface area contributed by atoms with E-state index in [4.69, 9.17) is 25.8 Å². The third-order valence-corrected chi connectivity index (χ3v) is 6.48. The molecule has 1 N–H and O–H groups in total. The predicted molar refractivity (Wildman–Crippen MR) is 130 cm³/mol. The molecule has 0 aliphatic carbocycles. The Kier molecular flexibility index (Phi) is 4.92. The first-order chi connectivity index (χ1) is 16.7. The van der Waals surface area contributed by atoms with Crippen LogP contribution >= 0.6 is 11.6 Å². The maximum Gasteiger partial charge on any atom is 0.226 e. The number of aromatic nitrogens is 3. The first kappa shape index (κ1) is 20.6. The maximum absolute atomic E-state index is 6.63. The molecule has 0 unspecified atom stereocenters. The molecule has 3 aromatic carbocycles. The van der Waals surface area contributed by atoms with Crippen LogP contribution in [0.2, 0.25) is 5.02 Å². The van der Waals surface area contributed by atoms with Gasteiger partial charge in [0, 0.05) is 21.7 Å². The van der Waals surface area contributed by atoms with E-state index in [0.29, 0.717) is 11.0 Å². The number of ether oxygens (including phenoxy) is 3. The molecule has 8 heteroatoms. The minimum atomic E-state index is -0.395. The number of anilines is 1. The molecule has 0 fully saturated rings. The van der Waals surface area contributed by atoms with Gasteiger partial charge < -0.3 is 19.5 Å². The molecule has 2 aliphatic rings. The zero-order valence-corrected chi connectivity index (χ0v) is 19.3. The van der Waals surface area contributed by atoms with Gasteiger partial charge in [0.25, 0.3) is 0 Å². The SMILES string of the molecule is COc1ccc(OC)c([C@H]2C3=C(Nc4ncnn42)c2ccccc2O[C@H]3c2ccc(Cl)cc2)c1. The van der Waals surface area contributed by atoms with Gasteiger partial charge in [-0.2, -0.15) is 10.1 Å². The lowest BCUT2D eigenvalue weighted by atomic mass is 9.84. The lowest BCUT2D eigenvalue weighted by Crippen LogP contribution is -2.32. The Morgan fingerprint density at radius 3 is 2.62 bits per heavy atom. The van der Waals surface area contributed by atoms with E-state index in [1.54, 1.807) is 20.5 Å². The van der Waals surface area contributed by atoms with Crippen LogP contribution in [0, 0.1) is 0 Å². The maximum atomic E-state index is 6.63. The summed E-state index contributed by atoms with van der Waals surface area (Å²) in [7, 11) is 3.31. The third-order valence-electron chi connectivity index (χ3n) is 6.23.